The second-order valence-corrected chi connectivity index (χ2v) is 6.81. The molecule has 1 N–H and O–H groups in total. The number of hydrogen-bond donors (Lipinski definition) is 1. The van der Waals surface area contributed by atoms with Crippen LogP contribution in [0.5, 0.6) is 5.75 Å². The molecule has 0 saturated heterocycles. The topological polar surface area (TPSA) is 29.5 Å². The Hall–Kier alpha value is -0.840. The molecule has 1 aromatic carbocycles. The number of halogens is 1. The molecule has 0 amide bonds. The second-order valence-electron chi connectivity index (χ2n) is 4.70. The van der Waals surface area contributed by atoms with Crippen LogP contribution in [0.15, 0.2) is 34.8 Å². The molecular weight excluding hydrogens is 324 g/mol. The molecule has 0 saturated carbocycles. The van der Waals surface area contributed by atoms with Gasteiger partial charge in [-0.15, -0.1) is 11.3 Å². The van der Waals surface area contributed by atoms with Crippen molar-refractivity contribution in [3.63, 3.8) is 0 Å². The van der Waals surface area contributed by atoms with Crippen LogP contribution in [0.2, 0.25) is 0 Å². The standard InChI is InChI=1S/C15H15BrO2S/c1-2-10-4-6-15(19-10)14-8-12(17)11-7-9(16)3-5-13(11)18-14/h3-7,12,14,17H,2,8H2,1H3/t12-,14?/m0/s1. The third-order valence-corrected chi connectivity index (χ3v) is 5.20. The van der Waals surface area contributed by atoms with Crippen molar-refractivity contribution in [3.8, 4) is 5.75 Å². The summed E-state index contributed by atoms with van der Waals surface area (Å²) in [6.07, 6.45) is 1.17. The molecule has 0 aliphatic carbocycles. The largest absolute Gasteiger partial charge is 0.484 e. The number of thiophene rings is 1. The average molecular weight is 339 g/mol. The van der Waals surface area contributed by atoms with E-state index in [0.717, 1.165) is 22.2 Å². The van der Waals surface area contributed by atoms with E-state index in [9.17, 15) is 5.11 Å². The lowest BCUT2D eigenvalue weighted by atomic mass is 9.98. The quantitative estimate of drug-likeness (QED) is 0.864. The number of ether oxygens (including phenoxy) is 1. The summed E-state index contributed by atoms with van der Waals surface area (Å²) in [4.78, 5) is 2.55. The van der Waals surface area contributed by atoms with Crippen LogP contribution < -0.4 is 4.74 Å². The highest BCUT2D eigenvalue weighted by molar-refractivity contribution is 9.10. The first-order valence-electron chi connectivity index (χ1n) is 6.40. The third kappa shape index (κ3) is 2.57. The zero-order chi connectivity index (χ0) is 13.4. The molecule has 100 valence electrons. The van der Waals surface area contributed by atoms with Gasteiger partial charge in [-0.2, -0.15) is 0 Å². The van der Waals surface area contributed by atoms with E-state index in [2.05, 4.69) is 35.0 Å². The van der Waals surface area contributed by atoms with E-state index in [1.165, 1.54) is 9.75 Å². The fraction of sp³-hybridized carbons (Fsp3) is 0.333. The van der Waals surface area contributed by atoms with Crippen molar-refractivity contribution in [2.75, 3.05) is 0 Å². The van der Waals surface area contributed by atoms with Crippen LogP contribution in [0.3, 0.4) is 0 Å². The molecular formula is C15H15BrO2S. The lowest BCUT2D eigenvalue weighted by Gasteiger charge is -2.29. The van der Waals surface area contributed by atoms with Gasteiger partial charge in [-0.3, -0.25) is 0 Å². The minimum atomic E-state index is -0.460. The molecule has 1 unspecified atom stereocenters. The van der Waals surface area contributed by atoms with E-state index in [4.69, 9.17) is 4.74 Å². The van der Waals surface area contributed by atoms with Gasteiger partial charge in [0.25, 0.3) is 0 Å². The van der Waals surface area contributed by atoms with E-state index in [-0.39, 0.29) is 6.10 Å². The van der Waals surface area contributed by atoms with Gasteiger partial charge in [0.2, 0.25) is 0 Å². The molecule has 1 aliphatic rings. The Bertz CT molecular complexity index is 594. The summed E-state index contributed by atoms with van der Waals surface area (Å²) in [5.74, 6) is 0.790. The van der Waals surface area contributed by atoms with Crippen LogP contribution in [0, 0.1) is 0 Å². The number of aliphatic hydroxyl groups is 1. The van der Waals surface area contributed by atoms with Crippen molar-refractivity contribution in [1.29, 1.82) is 0 Å². The number of rotatable bonds is 2. The van der Waals surface area contributed by atoms with Gasteiger partial charge in [0, 0.05) is 26.2 Å². The summed E-state index contributed by atoms with van der Waals surface area (Å²) in [6.45, 7) is 2.15. The van der Waals surface area contributed by atoms with Crippen LogP contribution in [0.1, 0.15) is 40.9 Å². The Balaban J connectivity index is 1.90. The van der Waals surface area contributed by atoms with Gasteiger partial charge in [-0.1, -0.05) is 22.9 Å². The fourth-order valence-electron chi connectivity index (χ4n) is 2.35. The van der Waals surface area contributed by atoms with E-state index < -0.39 is 6.10 Å². The molecule has 4 heteroatoms. The summed E-state index contributed by atoms with van der Waals surface area (Å²) < 4.78 is 7.00. The van der Waals surface area contributed by atoms with Crippen LogP contribution in [-0.2, 0) is 6.42 Å². The molecule has 2 atom stereocenters. The van der Waals surface area contributed by atoms with Crippen molar-refractivity contribution in [2.45, 2.75) is 32.0 Å². The second kappa shape index (κ2) is 5.27. The molecule has 1 aromatic heterocycles. The van der Waals surface area contributed by atoms with Crippen molar-refractivity contribution in [3.05, 3.63) is 50.1 Å². The third-order valence-electron chi connectivity index (χ3n) is 3.39. The maximum Gasteiger partial charge on any atom is 0.136 e. The van der Waals surface area contributed by atoms with Crippen molar-refractivity contribution >= 4 is 27.3 Å². The SMILES string of the molecule is CCc1ccc(C2C[C@H](O)c3cc(Br)ccc3O2)s1. The molecule has 1 aliphatic heterocycles. The summed E-state index contributed by atoms with van der Waals surface area (Å²) in [5, 5.41) is 10.3. The zero-order valence-corrected chi connectivity index (χ0v) is 13.0. The molecule has 19 heavy (non-hydrogen) atoms. The maximum absolute atomic E-state index is 10.3. The van der Waals surface area contributed by atoms with Gasteiger partial charge in [0.1, 0.15) is 11.9 Å². The van der Waals surface area contributed by atoms with Crippen LogP contribution in [0.25, 0.3) is 0 Å². The Kier molecular flexibility index (Phi) is 3.65. The molecule has 0 radical (unpaired) electrons. The first-order valence-corrected chi connectivity index (χ1v) is 8.01. The molecule has 2 nitrogen and oxygen atoms in total. The minimum Gasteiger partial charge on any atom is -0.484 e. The maximum atomic E-state index is 10.3. The number of aliphatic hydroxyl groups excluding tert-OH is 1. The van der Waals surface area contributed by atoms with Gasteiger partial charge in [0.05, 0.1) is 6.10 Å². The monoisotopic (exact) mass is 338 g/mol. The smallest absolute Gasteiger partial charge is 0.136 e. The van der Waals surface area contributed by atoms with Gasteiger partial charge >= 0.3 is 0 Å². The van der Waals surface area contributed by atoms with Gasteiger partial charge < -0.3 is 9.84 Å². The predicted octanol–water partition coefficient (Wildman–Crippen LogP) is 4.63. The highest BCUT2D eigenvalue weighted by atomic mass is 79.9. The van der Waals surface area contributed by atoms with Gasteiger partial charge in [0.15, 0.2) is 0 Å². The number of aryl methyl sites for hydroxylation is 1. The number of hydrogen-bond acceptors (Lipinski definition) is 3. The molecule has 0 spiro atoms. The average Bonchev–Trinajstić information content (AvgIpc) is 2.88. The lowest BCUT2D eigenvalue weighted by molar-refractivity contribution is 0.0674. The van der Waals surface area contributed by atoms with E-state index in [1.807, 2.05) is 18.2 Å². The molecule has 0 fully saturated rings. The molecule has 2 heterocycles. The zero-order valence-electron chi connectivity index (χ0n) is 10.6. The summed E-state index contributed by atoms with van der Waals surface area (Å²) in [6, 6.07) is 10.1. The highest BCUT2D eigenvalue weighted by Gasteiger charge is 2.29. The number of benzene rings is 1. The Morgan fingerprint density at radius 2 is 2.21 bits per heavy atom. The first kappa shape index (κ1) is 13.2. The minimum absolute atomic E-state index is 0.0334. The normalized spacial score (nSPS) is 21.8. The Morgan fingerprint density at radius 1 is 1.37 bits per heavy atom. The van der Waals surface area contributed by atoms with Gasteiger partial charge in [-0.25, -0.2) is 0 Å². The van der Waals surface area contributed by atoms with E-state index in [1.54, 1.807) is 11.3 Å². The fourth-order valence-corrected chi connectivity index (χ4v) is 3.72. The summed E-state index contributed by atoms with van der Waals surface area (Å²) >= 11 is 5.20. The Morgan fingerprint density at radius 3 is 2.95 bits per heavy atom. The highest BCUT2D eigenvalue weighted by Crippen LogP contribution is 2.43. The van der Waals surface area contributed by atoms with Crippen LogP contribution >= 0.6 is 27.3 Å². The summed E-state index contributed by atoms with van der Waals surface area (Å²) in [5.41, 5.74) is 0.873. The van der Waals surface area contributed by atoms with Crippen LogP contribution in [-0.4, -0.2) is 5.11 Å². The lowest BCUT2D eigenvalue weighted by Crippen LogP contribution is -2.18. The molecule has 3 rings (SSSR count). The first-order chi connectivity index (χ1) is 9.17. The predicted molar refractivity (Wildman–Crippen MR) is 80.8 cm³/mol. The van der Waals surface area contributed by atoms with Crippen molar-refractivity contribution in [1.82, 2.24) is 0 Å². The van der Waals surface area contributed by atoms with E-state index in [0.29, 0.717) is 6.42 Å². The van der Waals surface area contributed by atoms with Gasteiger partial charge in [-0.05, 0) is 36.8 Å². The molecule has 2 aromatic rings. The van der Waals surface area contributed by atoms with Crippen molar-refractivity contribution < 1.29 is 9.84 Å². The molecule has 0 bridgehead atoms. The van der Waals surface area contributed by atoms with Crippen molar-refractivity contribution in [2.24, 2.45) is 0 Å². The Labute approximate surface area is 125 Å². The van der Waals surface area contributed by atoms with Crippen LogP contribution in [0.4, 0.5) is 0 Å². The van der Waals surface area contributed by atoms with E-state index >= 15 is 0 Å². The summed E-state index contributed by atoms with van der Waals surface area (Å²) in [7, 11) is 0. The number of fused-ring (bicyclic) bond motifs is 1.